The Morgan fingerprint density at radius 2 is 1.88 bits per heavy atom. The molecule has 0 aliphatic heterocycles. The van der Waals surface area contributed by atoms with Crippen molar-refractivity contribution in [2.75, 3.05) is 13.6 Å². The summed E-state index contributed by atoms with van der Waals surface area (Å²) in [5.74, 6) is 1.32. The number of rotatable bonds is 4. The molecular weight excluding hydrogens is 200 g/mol. The first-order valence-electron chi connectivity index (χ1n) is 6.70. The van der Waals surface area contributed by atoms with Crippen molar-refractivity contribution in [3.8, 4) is 0 Å². The molecule has 2 saturated carbocycles. The Balaban J connectivity index is 1.91. The maximum Gasteiger partial charge on any atom is 0.225 e. The van der Waals surface area contributed by atoms with Crippen LogP contribution >= 0.6 is 0 Å². The van der Waals surface area contributed by atoms with Crippen LogP contribution in [0.1, 0.15) is 44.9 Å². The van der Waals surface area contributed by atoms with Crippen LogP contribution in [-0.2, 0) is 4.79 Å². The molecule has 0 aromatic rings. The highest BCUT2D eigenvalue weighted by Crippen LogP contribution is 2.35. The van der Waals surface area contributed by atoms with Gasteiger partial charge in [0.2, 0.25) is 5.91 Å². The van der Waals surface area contributed by atoms with Gasteiger partial charge in [-0.3, -0.25) is 4.79 Å². The molecule has 1 amide bonds. The monoisotopic (exact) mass is 224 g/mol. The lowest BCUT2D eigenvalue weighted by molar-refractivity contribution is -0.137. The summed E-state index contributed by atoms with van der Waals surface area (Å²) < 4.78 is 0. The number of nitrogens with two attached hydrogens (primary N) is 1. The number of nitrogens with zero attached hydrogens (tertiary/aromatic N) is 1. The van der Waals surface area contributed by atoms with Crippen molar-refractivity contribution in [3.63, 3.8) is 0 Å². The van der Waals surface area contributed by atoms with Crippen molar-refractivity contribution in [1.82, 2.24) is 4.90 Å². The molecule has 0 heterocycles. The van der Waals surface area contributed by atoms with Gasteiger partial charge in [0.1, 0.15) is 0 Å². The molecule has 0 saturated heterocycles. The van der Waals surface area contributed by atoms with E-state index >= 15 is 0 Å². The number of carbonyl (C=O) groups excluding carboxylic acids is 1. The zero-order chi connectivity index (χ0) is 11.5. The summed E-state index contributed by atoms with van der Waals surface area (Å²) in [5.41, 5.74) is 5.79. The van der Waals surface area contributed by atoms with Crippen LogP contribution in [0, 0.1) is 11.8 Å². The third-order valence-electron chi connectivity index (χ3n) is 4.21. The molecule has 0 bridgehead atoms. The summed E-state index contributed by atoms with van der Waals surface area (Å²) in [6.45, 7) is 0.625. The van der Waals surface area contributed by atoms with Crippen molar-refractivity contribution in [2.24, 2.45) is 17.6 Å². The van der Waals surface area contributed by atoms with Gasteiger partial charge in [0.15, 0.2) is 0 Å². The molecule has 0 spiro atoms. The fourth-order valence-electron chi connectivity index (χ4n) is 2.95. The molecule has 3 heteroatoms. The van der Waals surface area contributed by atoms with Crippen LogP contribution in [0.5, 0.6) is 0 Å². The first-order chi connectivity index (χ1) is 7.74. The Labute approximate surface area is 98.4 Å². The van der Waals surface area contributed by atoms with E-state index in [0.29, 0.717) is 24.4 Å². The quantitative estimate of drug-likeness (QED) is 0.791. The van der Waals surface area contributed by atoms with Crippen LogP contribution in [0.25, 0.3) is 0 Å². The van der Waals surface area contributed by atoms with E-state index < -0.39 is 0 Å². The van der Waals surface area contributed by atoms with E-state index in [9.17, 15) is 4.79 Å². The maximum atomic E-state index is 12.3. The lowest BCUT2D eigenvalue weighted by Crippen LogP contribution is -2.46. The SMILES string of the molecule is CN(C(=O)C1CCCCC1)C(CN)C1CC1. The Morgan fingerprint density at radius 1 is 1.25 bits per heavy atom. The molecule has 2 aliphatic carbocycles. The first-order valence-corrected chi connectivity index (χ1v) is 6.70. The molecule has 2 rings (SSSR count). The molecule has 0 aromatic carbocycles. The second-order valence-electron chi connectivity index (χ2n) is 5.42. The maximum absolute atomic E-state index is 12.3. The van der Waals surface area contributed by atoms with Gasteiger partial charge < -0.3 is 10.6 Å². The molecule has 0 radical (unpaired) electrons. The van der Waals surface area contributed by atoms with E-state index in [1.807, 2.05) is 11.9 Å². The minimum atomic E-state index is 0.284. The standard InChI is InChI=1S/C13H24N2O/c1-15(12(9-14)10-7-8-10)13(16)11-5-3-2-4-6-11/h10-12H,2-9,14H2,1H3. The number of amides is 1. The van der Waals surface area contributed by atoms with Crippen molar-refractivity contribution >= 4 is 5.91 Å². The molecule has 2 N–H and O–H groups in total. The van der Waals surface area contributed by atoms with E-state index in [1.54, 1.807) is 0 Å². The van der Waals surface area contributed by atoms with E-state index in [2.05, 4.69) is 0 Å². The van der Waals surface area contributed by atoms with Gasteiger partial charge in [-0.1, -0.05) is 19.3 Å². The highest BCUT2D eigenvalue weighted by Gasteiger charge is 2.36. The van der Waals surface area contributed by atoms with Crippen molar-refractivity contribution < 1.29 is 4.79 Å². The molecule has 2 fully saturated rings. The second kappa shape index (κ2) is 5.17. The van der Waals surface area contributed by atoms with Gasteiger partial charge >= 0.3 is 0 Å². The first kappa shape index (κ1) is 11.9. The molecule has 3 nitrogen and oxygen atoms in total. The third kappa shape index (κ3) is 2.57. The lowest BCUT2D eigenvalue weighted by Gasteiger charge is -2.32. The number of likely N-dealkylation sites (N-methyl/N-ethyl adjacent to an activating group) is 1. The van der Waals surface area contributed by atoms with Crippen molar-refractivity contribution in [3.05, 3.63) is 0 Å². The van der Waals surface area contributed by atoms with Crippen LogP contribution in [0.3, 0.4) is 0 Å². The minimum Gasteiger partial charge on any atom is -0.341 e. The molecule has 1 atom stereocenters. The zero-order valence-corrected chi connectivity index (χ0v) is 10.3. The topological polar surface area (TPSA) is 46.3 Å². The van der Waals surface area contributed by atoms with Gasteiger partial charge in [-0.05, 0) is 31.6 Å². The average molecular weight is 224 g/mol. The van der Waals surface area contributed by atoms with Crippen LogP contribution < -0.4 is 5.73 Å². The lowest BCUT2D eigenvalue weighted by atomic mass is 9.88. The van der Waals surface area contributed by atoms with E-state index in [4.69, 9.17) is 5.73 Å². The predicted octanol–water partition coefficient (Wildman–Crippen LogP) is 1.76. The molecule has 2 aliphatic rings. The van der Waals surface area contributed by atoms with Crippen molar-refractivity contribution in [1.29, 1.82) is 0 Å². The Bertz CT molecular complexity index is 244. The van der Waals surface area contributed by atoms with E-state index in [1.165, 1.54) is 32.1 Å². The average Bonchev–Trinajstić information content (AvgIpc) is 3.14. The van der Waals surface area contributed by atoms with Crippen LogP contribution in [-0.4, -0.2) is 30.4 Å². The Hall–Kier alpha value is -0.570. The minimum absolute atomic E-state index is 0.284. The van der Waals surface area contributed by atoms with Gasteiger partial charge in [-0.2, -0.15) is 0 Å². The summed E-state index contributed by atoms with van der Waals surface area (Å²) in [6, 6.07) is 0.300. The van der Waals surface area contributed by atoms with Gasteiger partial charge in [0.05, 0.1) is 0 Å². The highest BCUT2D eigenvalue weighted by molar-refractivity contribution is 5.79. The van der Waals surface area contributed by atoms with E-state index in [-0.39, 0.29) is 5.92 Å². The fourth-order valence-corrected chi connectivity index (χ4v) is 2.95. The smallest absolute Gasteiger partial charge is 0.225 e. The fraction of sp³-hybridized carbons (Fsp3) is 0.923. The highest BCUT2D eigenvalue weighted by atomic mass is 16.2. The van der Waals surface area contributed by atoms with Crippen LogP contribution in [0.2, 0.25) is 0 Å². The molecule has 16 heavy (non-hydrogen) atoms. The molecular formula is C13H24N2O. The summed E-state index contributed by atoms with van der Waals surface area (Å²) in [5, 5.41) is 0. The number of carbonyl (C=O) groups is 1. The number of hydrogen-bond acceptors (Lipinski definition) is 2. The third-order valence-corrected chi connectivity index (χ3v) is 4.21. The van der Waals surface area contributed by atoms with Gasteiger partial charge in [0, 0.05) is 25.6 Å². The molecule has 0 aromatic heterocycles. The number of hydrogen-bond donors (Lipinski definition) is 1. The van der Waals surface area contributed by atoms with Crippen LogP contribution in [0.4, 0.5) is 0 Å². The molecule has 92 valence electrons. The largest absolute Gasteiger partial charge is 0.341 e. The normalized spacial score (nSPS) is 24.1. The summed E-state index contributed by atoms with van der Waals surface area (Å²) in [4.78, 5) is 14.3. The summed E-state index contributed by atoms with van der Waals surface area (Å²) in [6.07, 6.45) is 8.43. The van der Waals surface area contributed by atoms with Crippen LogP contribution in [0.15, 0.2) is 0 Å². The second-order valence-corrected chi connectivity index (χ2v) is 5.42. The Kier molecular flexibility index (Phi) is 3.85. The van der Waals surface area contributed by atoms with Gasteiger partial charge in [-0.15, -0.1) is 0 Å². The predicted molar refractivity (Wildman–Crippen MR) is 64.9 cm³/mol. The van der Waals surface area contributed by atoms with Crippen molar-refractivity contribution in [2.45, 2.75) is 51.0 Å². The molecule has 1 unspecified atom stereocenters. The Morgan fingerprint density at radius 3 is 2.38 bits per heavy atom. The van der Waals surface area contributed by atoms with Gasteiger partial charge in [0.25, 0.3) is 0 Å². The van der Waals surface area contributed by atoms with Gasteiger partial charge in [-0.25, -0.2) is 0 Å². The van der Waals surface area contributed by atoms with E-state index in [0.717, 1.165) is 12.8 Å². The zero-order valence-electron chi connectivity index (χ0n) is 10.3. The summed E-state index contributed by atoms with van der Waals surface area (Å²) >= 11 is 0. The summed E-state index contributed by atoms with van der Waals surface area (Å²) in [7, 11) is 1.95.